The molecular formula is C28H40O3. The molecule has 2 heterocycles. The van der Waals surface area contributed by atoms with E-state index in [1.165, 1.54) is 24.0 Å². The number of aliphatic hydroxyl groups excluding tert-OH is 1. The van der Waals surface area contributed by atoms with Crippen LogP contribution in [0.1, 0.15) is 73.1 Å². The van der Waals surface area contributed by atoms with Crippen LogP contribution in [0, 0.1) is 34.5 Å². The Balaban J connectivity index is 1.49. The molecule has 3 heteroatoms. The molecule has 6 rings (SSSR count). The molecule has 0 unspecified atom stereocenters. The normalized spacial score (nSPS) is 49.9. The summed E-state index contributed by atoms with van der Waals surface area (Å²) in [7, 11) is 0. The lowest BCUT2D eigenvalue weighted by molar-refractivity contribution is -0.455. The van der Waals surface area contributed by atoms with E-state index in [0.29, 0.717) is 30.1 Å². The molecule has 0 radical (unpaired) electrons. The maximum atomic E-state index is 10.4. The van der Waals surface area contributed by atoms with Crippen LogP contribution in [0.25, 0.3) is 0 Å². The molecule has 2 saturated carbocycles. The average Bonchev–Trinajstić information content (AvgIpc) is 3.09. The van der Waals surface area contributed by atoms with Crippen LogP contribution in [-0.4, -0.2) is 22.4 Å². The lowest BCUT2D eigenvalue weighted by Crippen LogP contribution is -2.69. The maximum Gasteiger partial charge on any atom is 0.147 e. The van der Waals surface area contributed by atoms with Crippen LogP contribution in [-0.2, 0) is 9.78 Å². The van der Waals surface area contributed by atoms with Gasteiger partial charge in [0.2, 0.25) is 0 Å². The fourth-order valence-corrected chi connectivity index (χ4v) is 7.94. The molecule has 0 aromatic rings. The van der Waals surface area contributed by atoms with Crippen LogP contribution in [0.2, 0.25) is 0 Å². The van der Waals surface area contributed by atoms with Gasteiger partial charge in [-0.05, 0) is 79.9 Å². The molecule has 31 heavy (non-hydrogen) atoms. The van der Waals surface area contributed by atoms with Crippen LogP contribution < -0.4 is 0 Å². The van der Waals surface area contributed by atoms with Gasteiger partial charge in [0.25, 0.3) is 0 Å². The van der Waals surface area contributed by atoms with Gasteiger partial charge in [-0.25, -0.2) is 9.78 Å². The van der Waals surface area contributed by atoms with Crippen molar-refractivity contribution in [3.8, 4) is 0 Å². The van der Waals surface area contributed by atoms with Crippen molar-refractivity contribution in [2.24, 2.45) is 34.5 Å². The first-order valence-corrected chi connectivity index (χ1v) is 12.4. The van der Waals surface area contributed by atoms with E-state index in [-0.39, 0.29) is 16.9 Å². The summed E-state index contributed by atoms with van der Waals surface area (Å²) in [5.41, 5.74) is 1.81. The van der Waals surface area contributed by atoms with Gasteiger partial charge in [-0.1, -0.05) is 58.1 Å². The van der Waals surface area contributed by atoms with Crippen molar-refractivity contribution in [3.05, 3.63) is 48.1 Å². The molecular weight excluding hydrogens is 384 g/mol. The zero-order valence-electron chi connectivity index (χ0n) is 20.0. The Morgan fingerprint density at radius 1 is 1.16 bits per heavy atom. The van der Waals surface area contributed by atoms with Gasteiger partial charge in [0, 0.05) is 17.8 Å². The van der Waals surface area contributed by atoms with E-state index in [1.54, 1.807) is 0 Å². The SMILES string of the molecule is C=C(C)[C@@H](C)/C=C/[C@@H](C)[C@H]1CC[C@@H]2[C@]1(C)CC=C1[C@]23C=C[C@]2(C[C@@H](O)CC[C@]12C)OO3. The van der Waals surface area contributed by atoms with Gasteiger partial charge in [0.15, 0.2) is 0 Å². The first-order chi connectivity index (χ1) is 14.6. The Morgan fingerprint density at radius 2 is 1.94 bits per heavy atom. The minimum Gasteiger partial charge on any atom is -0.393 e. The molecule has 2 aliphatic heterocycles. The number of hydrogen-bond donors (Lipinski definition) is 1. The minimum absolute atomic E-state index is 0.0823. The molecule has 6 aliphatic rings. The number of rotatable bonds is 4. The van der Waals surface area contributed by atoms with E-state index in [4.69, 9.17) is 9.78 Å². The molecule has 0 aromatic heterocycles. The van der Waals surface area contributed by atoms with E-state index in [1.807, 2.05) is 0 Å². The lowest BCUT2D eigenvalue weighted by atomic mass is 9.47. The summed E-state index contributed by atoms with van der Waals surface area (Å²) in [6, 6.07) is 0. The summed E-state index contributed by atoms with van der Waals surface area (Å²) in [6.07, 6.45) is 17.5. The van der Waals surface area contributed by atoms with Crippen molar-refractivity contribution < 1.29 is 14.9 Å². The third-order valence-electron chi connectivity index (χ3n) is 10.2. The van der Waals surface area contributed by atoms with Gasteiger partial charge in [-0.15, -0.1) is 0 Å². The van der Waals surface area contributed by atoms with E-state index in [2.05, 4.69) is 71.6 Å². The molecule has 4 aliphatic carbocycles. The maximum absolute atomic E-state index is 10.4. The molecule has 3 nitrogen and oxygen atoms in total. The summed E-state index contributed by atoms with van der Waals surface area (Å²) < 4.78 is 0. The highest BCUT2D eigenvalue weighted by molar-refractivity contribution is 5.48. The van der Waals surface area contributed by atoms with Gasteiger partial charge in [0.1, 0.15) is 11.2 Å². The Morgan fingerprint density at radius 3 is 2.61 bits per heavy atom. The Kier molecular flexibility index (Phi) is 4.84. The molecule has 2 bridgehead atoms. The fourth-order valence-electron chi connectivity index (χ4n) is 7.94. The number of fused-ring (bicyclic) bond motifs is 2. The fraction of sp³-hybridized carbons (Fsp3) is 0.714. The van der Waals surface area contributed by atoms with Crippen molar-refractivity contribution in [1.82, 2.24) is 0 Å². The predicted molar refractivity (Wildman–Crippen MR) is 124 cm³/mol. The molecule has 1 N–H and O–H groups in total. The van der Waals surface area contributed by atoms with Crippen molar-refractivity contribution in [2.75, 3.05) is 0 Å². The summed E-state index contributed by atoms with van der Waals surface area (Å²) in [4.78, 5) is 12.6. The zero-order chi connectivity index (χ0) is 22.2. The van der Waals surface area contributed by atoms with Crippen LogP contribution in [0.4, 0.5) is 0 Å². The van der Waals surface area contributed by atoms with E-state index < -0.39 is 11.2 Å². The second-order valence-corrected chi connectivity index (χ2v) is 11.9. The van der Waals surface area contributed by atoms with Gasteiger partial charge in [0.05, 0.1) is 6.10 Å². The van der Waals surface area contributed by atoms with Crippen LogP contribution in [0.3, 0.4) is 0 Å². The van der Waals surface area contributed by atoms with Gasteiger partial charge < -0.3 is 5.11 Å². The summed E-state index contributed by atoms with van der Waals surface area (Å²) in [5.74, 6) is 2.01. The molecule has 0 amide bonds. The highest BCUT2D eigenvalue weighted by Gasteiger charge is 2.71. The monoisotopic (exact) mass is 424 g/mol. The van der Waals surface area contributed by atoms with Gasteiger partial charge in [-0.2, -0.15) is 0 Å². The second-order valence-electron chi connectivity index (χ2n) is 11.9. The van der Waals surface area contributed by atoms with Gasteiger partial charge >= 0.3 is 0 Å². The van der Waals surface area contributed by atoms with Crippen molar-refractivity contribution in [1.29, 1.82) is 0 Å². The molecule has 0 aromatic carbocycles. The van der Waals surface area contributed by atoms with Crippen molar-refractivity contribution in [2.45, 2.75) is 90.4 Å². The number of allylic oxidation sites excluding steroid dienone is 4. The molecule has 2 spiro atoms. The average molecular weight is 425 g/mol. The van der Waals surface area contributed by atoms with Crippen molar-refractivity contribution >= 4 is 0 Å². The quantitative estimate of drug-likeness (QED) is 0.424. The number of aliphatic hydroxyl groups is 1. The first kappa shape index (κ1) is 21.7. The Bertz CT molecular complexity index is 869. The van der Waals surface area contributed by atoms with Crippen LogP contribution >= 0.6 is 0 Å². The highest BCUT2D eigenvalue weighted by atomic mass is 17.2. The molecule has 170 valence electrons. The summed E-state index contributed by atoms with van der Waals surface area (Å²) >= 11 is 0. The Labute approximate surface area is 188 Å². The minimum atomic E-state index is -0.515. The van der Waals surface area contributed by atoms with Crippen LogP contribution in [0.15, 0.2) is 48.1 Å². The summed E-state index contributed by atoms with van der Waals surface area (Å²) in [6.45, 7) is 15.7. The molecule has 9 atom stereocenters. The standard InChI is InChI=1S/C28H40O3/c1-18(2)19(3)7-8-20(4)22-9-10-23-25(22,5)13-12-24-26(6)14-11-21(29)17-27(26)15-16-28(23,24)31-30-27/h7-8,12,15-16,19-23,29H,1,9-11,13-14,17H2,2-6H3/b8-7+/t19-,20+,21-,22+,23+,25+,26+,27+,28-/m0/s1. The largest absolute Gasteiger partial charge is 0.393 e. The topological polar surface area (TPSA) is 38.7 Å². The van der Waals surface area contributed by atoms with E-state index in [9.17, 15) is 5.11 Å². The zero-order valence-corrected chi connectivity index (χ0v) is 20.0. The smallest absolute Gasteiger partial charge is 0.147 e. The van der Waals surface area contributed by atoms with Gasteiger partial charge in [-0.3, -0.25) is 0 Å². The molecule has 1 saturated heterocycles. The van der Waals surface area contributed by atoms with Crippen LogP contribution in [0.5, 0.6) is 0 Å². The second kappa shape index (κ2) is 6.92. The number of hydrogen-bond acceptors (Lipinski definition) is 3. The first-order valence-electron chi connectivity index (χ1n) is 12.4. The highest BCUT2D eigenvalue weighted by Crippen LogP contribution is 2.71. The van der Waals surface area contributed by atoms with Crippen molar-refractivity contribution in [3.63, 3.8) is 0 Å². The van der Waals surface area contributed by atoms with E-state index in [0.717, 1.165) is 19.3 Å². The van der Waals surface area contributed by atoms with E-state index >= 15 is 0 Å². The predicted octanol–water partition coefficient (Wildman–Crippen LogP) is 6.31. The summed E-state index contributed by atoms with van der Waals surface area (Å²) in [5, 5.41) is 10.4. The third-order valence-corrected chi connectivity index (χ3v) is 10.2. The molecule has 3 fully saturated rings. The lowest BCUT2D eigenvalue weighted by Gasteiger charge is -2.66. The third kappa shape index (κ3) is 2.75. The Hall–Kier alpha value is -1.16.